The average molecular weight is 424 g/mol. The summed E-state index contributed by atoms with van der Waals surface area (Å²) in [6.07, 6.45) is 1.69. The Morgan fingerprint density at radius 1 is 0.833 bits per heavy atom. The van der Waals surface area contributed by atoms with Crippen LogP contribution in [0.3, 0.4) is 0 Å². The molecule has 3 aromatic rings. The number of fused-ring (bicyclic) bond motifs is 1. The lowest BCUT2D eigenvalue weighted by molar-refractivity contribution is 0.352. The van der Waals surface area contributed by atoms with Crippen molar-refractivity contribution in [2.45, 2.75) is 22.6 Å². The lowest BCUT2D eigenvalue weighted by atomic mass is 10.0. The minimum atomic E-state index is -3.77. The van der Waals surface area contributed by atoms with Gasteiger partial charge in [-0.1, -0.05) is 24.3 Å². The van der Waals surface area contributed by atoms with Crippen molar-refractivity contribution in [3.8, 4) is 17.2 Å². The summed E-state index contributed by atoms with van der Waals surface area (Å²) >= 11 is 0. The lowest BCUT2D eigenvalue weighted by Crippen LogP contribution is -2.20. The zero-order chi connectivity index (χ0) is 21.1. The van der Waals surface area contributed by atoms with Crippen LogP contribution in [0, 0.1) is 0 Å². The van der Waals surface area contributed by atoms with Gasteiger partial charge in [-0.3, -0.25) is 0 Å². The minimum absolute atomic E-state index is 0.180. The van der Waals surface area contributed by atoms with Crippen molar-refractivity contribution >= 4 is 9.84 Å². The zero-order valence-corrected chi connectivity index (χ0v) is 18.0. The number of ether oxygens (including phenoxy) is 2. The summed E-state index contributed by atoms with van der Waals surface area (Å²) in [5, 5.41) is 0. The van der Waals surface area contributed by atoms with Crippen molar-refractivity contribution in [3.63, 3.8) is 0 Å². The fourth-order valence-electron chi connectivity index (χ4n) is 3.67. The quantitative estimate of drug-likeness (QED) is 0.611. The second kappa shape index (κ2) is 8.50. The first-order valence-corrected chi connectivity index (χ1v) is 11.4. The van der Waals surface area contributed by atoms with Crippen LogP contribution in [0.5, 0.6) is 17.2 Å². The molecule has 0 spiro atoms. The molecule has 0 radical (unpaired) electrons. The molecule has 0 aromatic heterocycles. The second-order valence-corrected chi connectivity index (χ2v) is 9.39. The molecular weight excluding hydrogens is 398 g/mol. The summed E-state index contributed by atoms with van der Waals surface area (Å²) in [4.78, 5) is 2.63. The second-order valence-electron chi connectivity index (χ2n) is 7.47. The predicted octanol–water partition coefficient (Wildman–Crippen LogP) is 4.35. The predicted molar refractivity (Wildman–Crippen MR) is 116 cm³/mol. The highest BCUT2D eigenvalue weighted by molar-refractivity contribution is 7.91. The highest BCUT2D eigenvalue weighted by Crippen LogP contribution is 2.35. The van der Waals surface area contributed by atoms with E-state index in [0.29, 0.717) is 17.2 Å². The van der Waals surface area contributed by atoms with E-state index in [1.165, 1.54) is 7.11 Å². The van der Waals surface area contributed by atoms with Gasteiger partial charge in [0, 0.05) is 13.1 Å². The molecule has 1 heterocycles. The van der Waals surface area contributed by atoms with E-state index in [1.807, 2.05) is 36.4 Å². The van der Waals surface area contributed by atoms with Gasteiger partial charge in [0.05, 0.1) is 12.0 Å². The summed E-state index contributed by atoms with van der Waals surface area (Å²) < 4.78 is 38.3. The van der Waals surface area contributed by atoms with E-state index in [0.717, 1.165) is 37.1 Å². The van der Waals surface area contributed by atoms with Crippen LogP contribution in [0.2, 0.25) is 0 Å². The molecule has 0 amide bonds. The fourth-order valence-corrected chi connectivity index (χ4v) is 5.16. The molecule has 6 heteroatoms. The standard InChI is InChI=1S/C24H25NO4S/c1-25-13-11-18-15-23(28-2)24(16-19(18)12-14-25)30(26,27)22-10-6-9-21(17-22)29-20-7-4-3-5-8-20/h3-10,15-17H,11-14H2,1-2H3. The first-order chi connectivity index (χ1) is 14.5. The Balaban J connectivity index is 1.72. The van der Waals surface area contributed by atoms with Crippen molar-refractivity contribution in [2.24, 2.45) is 0 Å². The first-order valence-electron chi connectivity index (χ1n) is 9.94. The van der Waals surface area contributed by atoms with Gasteiger partial charge in [-0.05, 0) is 73.5 Å². The van der Waals surface area contributed by atoms with Gasteiger partial charge >= 0.3 is 0 Å². The van der Waals surface area contributed by atoms with E-state index in [-0.39, 0.29) is 9.79 Å². The minimum Gasteiger partial charge on any atom is -0.495 e. The molecule has 0 bridgehead atoms. The third-order valence-electron chi connectivity index (χ3n) is 5.40. The summed E-state index contributed by atoms with van der Waals surface area (Å²) in [5.74, 6) is 1.50. The lowest BCUT2D eigenvalue weighted by Gasteiger charge is -2.15. The van der Waals surface area contributed by atoms with Crippen LogP contribution < -0.4 is 9.47 Å². The molecule has 156 valence electrons. The monoisotopic (exact) mass is 423 g/mol. The van der Waals surface area contributed by atoms with Crippen molar-refractivity contribution in [2.75, 3.05) is 27.2 Å². The molecule has 4 rings (SSSR count). The molecule has 30 heavy (non-hydrogen) atoms. The topological polar surface area (TPSA) is 55.8 Å². The number of benzene rings is 3. The Hall–Kier alpha value is -2.83. The molecule has 1 aliphatic rings. The smallest absolute Gasteiger partial charge is 0.210 e. The fraction of sp³-hybridized carbons (Fsp3) is 0.250. The van der Waals surface area contributed by atoms with Crippen LogP contribution in [0.4, 0.5) is 0 Å². The van der Waals surface area contributed by atoms with E-state index in [9.17, 15) is 8.42 Å². The number of likely N-dealkylation sites (N-methyl/N-ethyl adjacent to an activating group) is 1. The maximum absolute atomic E-state index is 13.5. The molecule has 0 N–H and O–H groups in total. The van der Waals surface area contributed by atoms with Crippen LogP contribution in [-0.2, 0) is 22.7 Å². The largest absolute Gasteiger partial charge is 0.495 e. The summed E-state index contributed by atoms with van der Waals surface area (Å²) in [6.45, 7) is 1.85. The van der Waals surface area contributed by atoms with Gasteiger partial charge in [0.25, 0.3) is 0 Å². The van der Waals surface area contributed by atoms with Crippen molar-refractivity contribution in [3.05, 3.63) is 77.9 Å². The Morgan fingerprint density at radius 3 is 2.20 bits per heavy atom. The highest BCUT2D eigenvalue weighted by Gasteiger charge is 2.25. The Morgan fingerprint density at radius 2 is 1.50 bits per heavy atom. The molecule has 0 unspecified atom stereocenters. The van der Waals surface area contributed by atoms with E-state index < -0.39 is 9.84 Å². The maximum atomic E-state index is 13.5. The van der Waals surface area contributed by atoms with Gasteiger partial charge < -0.3 is 14.4 Å². The Labute approximate surface area is 177 Å². The number of hydrogen-bond acceptors (Lipinski definition) is 5. The van der Waals surface area contributed by atoms with E-state index in [1.54, 1.807) is 30.3 Å². The number of hydrogen-bond donors (Lipinski definition) is 0. The van der Waals surface area contributed by atoms with Crippen LogP contribution in [0.1, 0.15) is 11.1 Å². The average Bonchev–Trinajstić information content (AvgIpc) is 2.95. The number of rotatable bonds is 5. The Bertz CT molecular complexity index is 1140. The molecule has 1 aliphatic heterocycles. The van der Waals surface area contributed by atoms with Gasteiger partial charge in [0.2, 0.25) is 9.84 Å². The highest BCUT2D eigenvalue weighted by atomic mass is 32.2. The van der Waals surface area contributed by atoms with Crippen molar-refractivity contribution < 1.29 is 17.9 Å². The summed E-state index contributed by atoms with van der Waals surface area (Å²) in [7, 11) is -0.179. The van der Waals surface area contributed by atoms with Crippen LogP contribution >= 0.6 is 0 Å². The van der Waals surface area contributed by atoms with Crippen LogP contribution in [-0.4, -0.2) is 40.6 Å². The maximum Gasteiger partial charge on any atom is 0.210 e. The van der Waals surface area contributed by atoms with E-state index in [4.69, 9.17) is 9.47 Å². The SMILES string of the molecule is COc1cc2c(cc1S(=O)(=O)c1cccc(Oc3ccccc3)c1)CCN(C)CC2. The third-order valence-corrected chi connectivity index (χ3v) is 7.17. The van der Waals surface area contributed by atoms with Crippen LogP contribution in [0.25, 0.3) is 0 Å². The van der Waals surface area contributed by atoms with Gasteiger partial charge in [-0.25, -0.2) is 8.42 Å². The molecule has 0 saturated carbocycles. The molecule has 0 atom stereocenters. The number of sulfone groups is 1. The van der Waals surface area contributed by atoms with Gasteiger partial charge in [0.1, 0.15) is 22.1 Å². The number of nitrogens with zero attached hydrogens (tertiary/aromatic N) is 1. The molecular formula is C24H25NO4S. The van der Waals surface area contributed by atoms with Gasteiger partial charge in [0.15, 0.2) is 0 Å². The Kier molecular flexibility index (Phi) is 5.79. The molecule has 0 aliphatic carbocycles. The summed E-state index contributed by atoms with van der Waals surface area (Å²) in [6, 6.07) is 19.5. The van der Waals surface area contributed by atoms with E-state index >= 15 is 0 Å². The van der Waals surface area contributed by atoms with E-state index in [2.05, 4.69) is 11.9 Å². The molecule has 0 fully saturated rings. The first kappa shape index (κ1) is 20.4. The molecule has 0 saturated heterocycles. The van der Waals surface area contributed by atoms with Gasteiger partial charge in [-0.2, -0.15) is 0 Å². The third kappa shape index (κ3) is 4.20. The normalized spacial score (nSPS) is 14.6. The number of methoxy groups -OCH3 is 1. The van der Waals surface area contributed by atoms with Crippen molar-refractivity contribution in [1.82, 2.24) is 4.90 Å². The molecule has 5 nitrogen and oxygen atoms in total. The molecule has 3 aromatic carbocycles. The summed E-state index contributed by atoms with van der Waals surface area (Å²) in [5.41, 5.74) is 2.21. The van der Waals surface area contributed by atoms with Gasteiger partial charge in [-0.15, -0.1) is 0 Å². The van der Waals surface area contributed by atoms with Crippen LogP contribution in [0.15, 0.2) is 76.5 Å². The number of para-hydroxylation sites is 1. The van der Waals surface area contributed by atoms with Crippen molar-refractivity contribution in [1.29, 1.82) is 0 Å². The zero-order valence-electron chi connectivity index (χ0n) is 17.2.